The van der Waals surface area contributed by atoms with Gasteiger partial charge in [-0.2, -0.15) is 4.31 Å². The van der Waals surface area contributed by atoms with Crippen LogP contribution in [0.2, 0.25) is 0 Å². The molecule has 9 nitrogen and oxygen atoms in total. The molecule has 2 aromatic heterocycles. The second kappa shape index (κ2) is 8.70. The van der Waals surface area contributed by atoms with Crippen molar-refractivity contribution >= 4 is 43.3 Å². The molecule has 1 aromatic carbocycles. The summed E-state index contributed by atoms with van der Waals surface area (Å²) in [4.78, 5) is 25.7. The number of aromatic amines is 1. The van der Waals surface area contributed by atoms with E-state index in [0.29, 0.717) is 37.1 Å². The van der Waals surface area contributed by atoms with Gasteiger partial charge >= 0.3 is 0 Å². The smallest absolute Gasteiger partial charge is 0.258 e. The van der Waals surface area contributed by atoms with E-state index in [1.807, 2.05) is 19.0 Å². The van der Waals surface area contributed by atoms with Crippen molar-refractivity contribution in [2.75, 3.05) is 45.2 Å². The Morgan fingerprint density at radius 1 is 1.24 bits per heavy atom. The molecular weight excluding hydrogens is 472 g/mol. The Bertz CT molecular complexity index is 1390. The van der Waals surface area contributed by atoms with Crippen molar-refractivity contribution in [3.8, 4) is 12.3 Å². The van der Waals surface area contributed by atoms with Crippen LogP contribution in [0.4, 0.5) is 5.13 Å². The first-order chi connectivity index (χ1) is 16.3. The summed E-state index contributed by atoms with van der Waals surface area (Å²) in [7, 11) is 0.210. The number of fused-ring (bicyclic) bond motifs is 2. The number of carbonyl (C=O) groups is 1. The van der Waals surface area contributed by atoms with Crippen LogP contribution in [0.3, 0.4) is 0 Å². The van der Waals surface area contributed by atoms with Gasteiger partial charge in [0.25, 0.3) is 10.0 Å². The number of anilines is 1. The molecule has 0 bridgehead atoms. The number of thiazole rings is 1. The zero-order valence-electron chi connectivity index (χ0n) is 19.0. The number of piperazine rings is 1. The highest BCUT2D eigenvalue weighted by atomic mass is 32.2. The first kappa shape index (κ1) is 22.9. The van der Waals surface area contributed by atoms with Gasteiger partial charge in [-0.05, 0) is 24.3 Å². The molecule has 1 saturated heterocycles. The molecule has 2 aliphatic heterocycles. The molecule has 1 amide bonds. The first-order valence-electron chi connectivity index (χ1n) is 11.0. The normalized spacial score (nSPS) is 19.1. The molecular formula is C23H26N6O3S2. The lowest BCUT2D eigenvalue weighted by Crippen LogP contribution is -2.56. The van der Waals surface area contributed by atoms with Crippen molar-refractivity contribution in [3.63, 3.8) is 0 Å². The number of rotatable bonds is 4. The minimum Gasteiger partial charge on any atom is -0.354 e. The molecule has 1 fully saturated rings. The van der Waals surface area contributed by atoms with Crippen LogP contribution >= 0.6 is 11.3 Å². The summed E-state index contributed by atoms with van der Waals surface area (Å²) in [6.45, 7) is 1.82. The van der Waals surface area contributed by atoms with E-state index in [4.69, 9.17) is 6.42 Å². The molecule has 34 heavy (non-hydrogen) atoms. The Labute approximate surface area is 202 Å². The number of hydrogen-bond acceptors (Lipinski definition) is 7. The zero-order valence-corrected chi connectivity index (χ0v) is 20.7. The van der Waals surface area contributed by atoms with Crippen LogP contribution < -0.4 is 10.2 Å². The molecule has 1 atom stereocenters. The number of hydrogen-bond donors (Lipinski definition) is 2. The molecule has 3 aromatic rings. The van der Waals surface area contributed by atoms with Crippen LogP contribution in [0.25, 0.3) is 10.9 Å². The Hall–Kier alpha value is -2.91. The van der Waals surface area contributed by atoms with E-state index in [0.717, 1.165) is 21.1 Å². The van der Waals surface area contributed by atoms with Crippen molar-refractivity contribution in [2.45, 2.75) is 24.0 Å². The Morgan fingerprint density at radius 3 is 2.71 bits per heavy atom. The second-order valence-corrected chi connectivity index (χ2v) is 11.7. The van der Waals surface area contributed by atoms with E-state index in [-0.39, 0.29) is 30.1 Å². The third-order valence-corrected chi connectivity index (χ3v) is 9.37. The van der Waals surface area contributed by atoms with Gasteiger partial charge < -0.3 is 20.1 Å². The largest absolute Gasteiger partial charge is 0.354 e. The van der Waals surface area contributed by atoms with E-state index in [2.05, 4.69) is 21.2 Å². The number of sulfonamides is 1. The van der Waals surface area contributed by atoms with Gasteiger partial charge in [-0.15, -0.1) is 17.8 Å². The minimum absolute atomic E-state index is 0.00507. The molecule has 0 saturated carbocycles. The van der Waals surface area contributed by atoms with E-state index < -0.39 is 10.0 Å². The van der Waals surface area contributed by atoms with Gasteiger partial charge in [0, 0.05) is 74.6 Å². The number of benzene rings is 1. The summed E-state index contributed by atoms with van der Waals surface area (Å²) in [5.41, 5.74) is 2.38. The average molecular weight is 499 g/mol. The van der Waals surface area contributed by atoms with Crippen molar-refractivity contribution in [1.82, 2.24) is 24.5 Å². The summed E-state index contributed by atoms with van der Waals surface area (Å²) in [6, 6.07) is 6.62. The van der Waals surface area contributed by atoms with Gasteiger partial charge in [0.2, 0.25) is 5.91 Å². The number of carbonyl (C=O) groups excluding carboxylic acids is 1. The van der Waals surface area contributed by atoms with Gasteiger partial charge in [0.1, 0.15) is 5.03 Å². The van der Waals surface area contributed by atoms with Crippen molar-refractivity contribution in [1.29, 1.82) is 0 Å². The van der Waals surface area contributed by atoms with Crippen LogP contribution in [-0.4, -0.2) is 79.8 Å². The molecule has 0 aliphatic carbocycles. The topological polar surface area (TPSA) is 102 Å². The van der Waals surface area contributed by atoms with Gasteiger partial charge in [0.15, 0.2) is 5.13 Å². The Kier molecular flexibility index (Phi) is 5.85. The van der Waals surface area contributed by atoms with Crippen molar-refractivity contribution < 1.29 is 13.2 Å². The summed E-state index contributed by atoms with van der Waals surface area (Å²) in [6.07, 6.45) is 6.00. The fourth-order valence-corrected chi connectivity index (χ4v) is 6.76. The maximum Gasteiger partial charge on any atom is 0.258 e. The number of aromatic nitrogens is 2. The third kappa shape index (κ3) is 4.07. The van der Waals surface area contributed by atoms with Crippen LogP contribution in [0, 0.1) is 12.3 Å². The van der Waals surface area contributed by atoms with Crippen molar-refractivity contribution in [2.24, 2.45) is 0 Å². The molecule has 5 rings (SSSR count). The Balaban J connectivity index is 1.24. The number of nitrogens with one attached hydrogen (secondary N) is 2. The number of nitrogens with zero attached hydrogens (tertiary/aromatic N) is 4. The van der Waals surface area contributed by atoms with Gasteiger partial charge in [-0.25, -0.2) is 13.4 Å². The standard InChI is InChI=1S/C23H26N6O3S2/c1-4-15-5-6-17-16(11-15)12-21(25-17)34(31,32)29-9-7-28(8-10-29)22(30)19-13-18-20(14-24-19)33-23(26-18)27(2)3/h1,5-6,11-12,19,24-25H,7-10,13-14H2,2-3H3. The van der Waals surface area contributed by atoms with Gasteiger partial charge in [-0.3, -0.25) is 4.79 Å². The van der Waals surface area contributed by atoms with E-state index >= 15 is 0 Å². The van der Waals surface area contributed by atoms with E-state index in [1.54, 1.807) is 40.5 Å². The first-order valence-corrected chi connectivity index (χ1v) is 13.3. The fraction of sp³-hybridized carbons (Fsp3) is 0.391. The Morgan fingerprint density at radius 2 is 2.00 bits per heavy atom. The average Bonchev–Trinajstić information content (AvgIpc) is 3.47. The quantitative estimate of drug-likeness (QED) is 0.525. The highest BCUT2D eigenvalue weighted by Gasteiger charge is 2.35. The predicted octanol–water partition coefficient (Wildman–Crippen LogP) is 1.22. The number of amides is 1. The lowest BCUT2D eigenvalue weighted by atomic mass is 10.0. The number of H-pyrrole nitrogens is 1. The summed E-state index contributed by atoms with van der Waals surface area (Å²) >= 11 is 1.64. The van der Waals surface area contributed by atoms with Crippen LogP contribution in [-0.2, 0) is 27.8 Å². The minimum atomic E-state index is -3.70. The molecule has 2 aliphatic rings. The maximum atomic E-state index is 13.2. The second-order valence-electron chi connectivity index (χ2n) is 8.71. The van der Waals surface area contributed by atoms with Gasteiger partial charge in [0.05, 0.1) is 11.7 Å². The van der Waals surface area contributed by atoms with Crippen LogP contribution in [0.15, 0.2) is 29.3 Å². The maximum absolute atomic E-state index is 13.2. The summed E-state index contributed by atoms with van der Waals surface area (Å²) in [5.74, 6) is 2.56. The monoisotopic (exact) mass is 498 g/mol. The van der Waals surface area contributed by atoms with Crippen LogP contribution in [0.1, 0.15) is 16.1 Å². The molecule has 4 heterocycles. The molecule has 178 valence electrons. The fourth-order valence-electron chi connectivity index (χ4n) is 4.36. The zero-order chi connectivity index (χ0) is 24.0. The summed E-state index contributed by atoms with van der Waals surface area (Å²) in [5, 5.41) is 5.15. The van der Waals surface area contributed by atoms with Gasteiger partial charge in [-0.1, -0.05) is 5.92 Å². The van der Waals surface area contributed by atoms with Crippen LogP contribution in [0.5, 0.6) is 0 Å². The van der Waals surface area contributed by atoms with E-state index in [9.17, 15) is 13.2 Å². The van der Waals surface area contributed by atoms with Crippen molar-refractivity contribution in [3.05, 3.63) is 40.4 Å². The summed E-state index contributed by atoms with van der Waals surface area (Å²) < 4.78 is 27.9. The number of terminal acetylenes is 1. The molecule has 0 spiro atoms. The third-order valence-electron chi connectivity index (χ3n) is 6.28. The van der Waals surface area contributed by atoms with E-state index in [1.165, 1.54) is 4.31 Å². The highest BCUT2D eigenvalue weighted by Crippen LogP contribution is 2.29. The highest BCUT2D eigenvalue weighted by molar-refractivity contribution is 7.89. The molecule has 11 heteroatoms. The lowest BCUT2D eigenvalue weighted by Gasteiger charge is -2.36. The predicted molar refractivity (Wildman–Crippen MR) is 132 cm³/mol. The molecule has 0 radical (unpaired) electrons. The lowest BCUT2D eigenvalue weighted by molar-refractivity contribution is -0.134. The molecule has 2 N–H and O–H groups in total. The SMILES string of the molecule is C#Cc1ccc2[nH]c(S(=O)(=O)N3CCN(C(=O)C4Cc5nc(N(C)C)sc5CN4)CC3)cc2c1. The molecule has 1 unspecified atom stereocenters.